The SMILES string of the molecule is CC(C)(C)CCN1CCC2(CC1)CC2CN=C(N)/C=C\C(=N)c1ccc(F)cc1Cl. The number of likely N-dealkylation sites (tertiary alicyclic amines) is 1. The zero-order chi connectivity index (χ0) is 21.9. The molecule has 2 fully saturated rings. The molecule has 3 rings (SSSR count). The Morgan fingerprint density at radius 3 is 2.67 bits per heavy atom. The summed E-state index contributed by atoms with van der Waals surface area (Å²) in [6, 6.07) is 4.00. The van der Waals surface area contributed by atoms with Crippen LogP contribution in [0.3, 0.4) is 0 Å². The quantitative estimate of drug-likeness (QED) is 0.453. The third kappa shape index (κ3) is 6.14. The average molecular weight is 433 g/mol. The molecular weight excluding hydrogens is 399 g/mol. The van der Waals surface area contributed by atoms with Crippen LogP contribution in [-0.2, 0) is 0 Å². The van der Waals surface area contributed by atoms with E-state index in [-0.39, 0.29) is 10.7 Å². The Bertz CT molecular complexity index is 832. The second-order valence-electron chi connectivity index (χ2n) is 10.1. The second-order valence-corrected chi connectivity index (χ2v) is 10.5. The highest BCUT2D eigenvalue weighted by Gasteiger charge is 2.54. The topological polar surface area (TPSA) is 65.5 Å². The highest BCUT2D eigenvalue weighted by Crippen LogP contribution is 2.59. The molecule has 0 radical (unpaired) electrons. The first-order valence-electron chi connectivity index (χ1n) is 10.8. The molecule has 3 N–H and O–H groups in total. The molecule has 1 aliphatic carbocycles. The van der Waals surface area contributed by atoms with Crippen molar-refractivity contribution in [3.8, 4) is 0 Å². The first kappa shape index (κ1) is 23.0. The third-order valence-corrected chi connectivity index (χ3v) is 6.84. The maximum absolute atomic E-state index is 13.2. The van der Waals surface area contributed by atoms with E-state index < -0.39 is 5.82 Å². The summed E-state index contributed by atoms with van der Waals surface area (Å²) in [6.45, 7) is 11.3. The number of halogens is 2. The lowest BCUT2D eigenvalue weighted by molar-refractivity contribution is 0.146. The minimum Gasteiger partial charge on any atom is -0.384 e. The number of aliphatic imine (C=N–C) groups is 1. The molecule has 1 aliphatic heterocycles. The van der Waals surface area contributed by atoms with Crippen molar-refractivity contribution in [1.82, 2.24) is 4.90 Å². The number of amidine groups is 1. The molecule has 4 nitrogen and oxygen atoms in total. The van der Waals surface area contributed by atoms with Gasteiger partial charge in [0.25, 0.3) is 0 Å². The highest BCUT2D eigenvalue weighted by molar-refractivity contribution is 6.34. The van der Waals surface area contributed by atoms with Gasteiger partial charge in [0.1, 0.15) is 11.7 Å². The molecule has 1 heterocycles. The van der Waals surface area contributed by atoms with E-state index in [4.69, 9.17) is 22.7 Å². The summed E-state index contributed by atoms with van der Waals surface area (Å²) < 4.78 is 13.2. The normalized spacial score (nSPS) is 22.0. The van der Waals surface area contributed by atoms with E-state index in [1.807, 2.05) is 0 Å². The molecule has 164 valence electrons. The standard InChI is InChI=1S/C24H34ClFN4/c1-23(2,3)8-11-30-12-9-24(10-13-30)15-17(24)16-29-22(28)7-6-21(27)19-5-4-18(26)14-20(19)25/h4-7,14,17,27H,8-13,15-16H2,1-3H3,(H2,28,29)/b7-6-,27-21?. The Hall–Kier alpha value is -1.72. The van der Waals surface area contributed by atoms with Crippen LogP contribution in [-0.4, -0.2) is 42.6 Å². The van der Waals surface area contributed by atoms with Gasteiger partial charge in [-0.15, -0.1) is 0 Å². The van der Waals surface area contributed by atoms with Gasteiger partial charge in [0.05, 0.1) is 10.7 Å². The Labute approximate surface area is 184 Å². The molecule has 0 aromatic heterocycles. The fraction of sp³-hybridized carbons (Fsp3) is 0.583. The zero-order valence-electron chi connectivity index (χ0n) is 18.3. The van der Waals surface area contributed by atoms with Gasteiger partial charge in [0.15, 0.2) is 0 Å². The van der Waals surface area contributed by atoms with Crippen LogP contribution in [0.5, 0.6) is 0 Å². The molecule has 2 aliphatic rings. The highest BCUT2D eigenvalue weighted by atomic mass is 35.5. The Morgan fingerprint density at radius 1 is 1.33 bits per heavy atom. The summed E-state index contributed by atoms with van der Waals surface area (Å²) in [4.78, 5) is 7.14. The van der Waals surface area contributed by atoms with Crippen LogP contribution in [0, 0.1) is 28.0 Å². The van der Waals surface area contributed by atoms with Crippen molar-refractivity contribution in [1.29, 1.82) is 5.41 Å². The van der Waals surface area contributed by atoms with Gasteiger partial charge in [-0.1, -0.05) is 32.4 Å². The minimum atomic E-state index is -0.417. The van der Waals surface area contributed by atoms with Gasteiger partial charge in [0.2, 0.25) is 0 Å². The van der Waals surface area contributed by atoms with Gasteiger partial charge in [-0.25, -0.2) is 4.39 Å². The lowest BCUT2D eigenvalue weighted by Crippen LogP contribution is -2.37. The van der Waals surface area contributed by atoms with Crippen molar-refractivity contribution < 1.29 is 4.39 Å². The van der Waals surface area contributed by atoms with Crippen LogP contribution in [0.2, 0.25) is 5.02 Å². The number of allylic oxidation sites excluding steroid dienone is 1. The Morgan fingerprint density at radius 2 is 2.03 bits per heavy atom. The fourth-order valence-corrected chi connectivity index (χ4v) is 4.52. The number of hydrogen-bond donors (Lipinski definition) is 2. The Kier molecular flexibility index (Phi) is 7.03. The summed E-state index contributed by atoms with van der Waals surface area (Å²) in [5.41, 5.74) is 7.55. The average Bonchev–Trinajstić information content (AvgIpc) is 3.35. The Balaban J connectivity index is 1.45. The number of rotatable bonds is 7. The van der Waals surface area contributed by atoms with E-state index in [1.54, 1.807) is 12.2 Å². The number of hydrogen-bond acceptors (Lipinski definition) is 3. The van der Waals surface area contributed by atoms with Crippen molar-refractivity contribution in [2.75, 3.05) is 26.2 Å². The predicted octanol–water partition coefficient (Wildman–Crippen LogP) is 5.30. The van der Waals surface area contributed by atoms with Gasteiger partial charge in [0, 0.05) is 12.1 Å². The molecule has 1 aromatic rings. The molecule has 1 atom stereocenters. The molecule has 1 aromatic carbocycles. The van der Waals surface area contributed by atoms with Gasteiger partial charge >= 0.3 is 0 Å². The minimum absolute atomic E-state index is 0.184. The first-order valence-corrected chi connectivity index (χ1v) is 11.2. The largest absolute Gasteiger partial charge is 0.384 e. The van der Waals surface area contributed by atoms with Crippen molar-refractivity contribution in [2.24, 2.45) is 27.5 Å². The smallest absolute Gasteiger partial charge is 0.124 e. The van der Waals surface area contributed by atoms with Gasteiger partial charge in [-0.2, -0.15) is 0 Å². The molecule has 30 heavy (non-hydrogen) atoms. The monoisotopic (exact) mass is 432 g/mol. The third-order valence-electron chi connectivity index (χ3n) is 6.53. The first-order chi connectivity index (χ1) is 14.1. The lowest BCUT2D eigenvalue weighted by atomic mass is 9.88. The summed E-state index contributed by atoms with van der Waals surface area (Å²) >= 11 is 6.01. The van der Waals surface area contributed by atoms with E-state index in [1.165, 1.54) is 63.5 Å². The van der Waals surface area contributed by atoms with Crippen molar-refractivity contribution in [3.63, 3.8) is 0 Å². The molecule has 1 unspecified atom stereocenters. The van der Waals surface area contributed by atoms with Gasteiger partial charge in [-0.3, -0.25) is 4.99 Å². The summed E-state index contributed by atoms with van der Waals surface area (Å²) in [5, 5.41) is 8.32. The number of piperidine rings is 1. The number of nitrogens with zero attached hydrogens (tertiary/aromatic N) is 2. The number of nitrogens with one attached hydrogen (secondary N) is 1. The fourth-order valence-electron chi connectivity index (χ4n) is 4.25. The van der Waals surface area contributed by atoms with E-state index >= 15 is 0 Å². The van der Waals surface area contributed by atoms with E-state index in [2.05, 4.69) is 30.7 Å². The maximum Gasteiger partial charge on any atom is 0.124 e. The van der Waals surface area contributed by atoms with Crippen LogP contribution in [0.1, 0.15) is 52.0 Å². The molecule has 6 heteroatoms. The van der Waals surface area contributed by atoms with Crippen LogP contribution in [0.4, 0.5) is 4.39 Å². The molecule has 1 spiro atoms. The van der Waals surface area contributed by atoms with E-state index in [0.29, 0.717) is 28.1 Å². The molecule has 1 saturated heterocycles. The number of benzene rings is 1. The van der Waals surface area contributed by atoms with Crippen molar-refractivity contribution in [3.05, 3.63) is 46.8 Å². The van der Waals surface area contributed by atoms with Gasteiger partial charge < -0.3 is 16.0 Å². The summed E-state index contributed by atoms with van der Waals surface area (Å²) in [6.07, 6.45) is 8.22. The number of nitrogens with two attached hydrogens (primary N) is 1. The molecule has 0 amide bonds. The van der Waals surface area contributed by atoms with Crippen molar-refractivity contribution in [2.45, 2.75) is 46.5 Å². The van der Waals surface area contributed by atoms with E-state index in [9.17, 15) is 4.39 Å². The van der Waals surface area contributed by atoms with E-state index in [0.717, 1.165) is 6.54 Å². The van der Waals surface area contributed by atoms with Crippen LogP contribution >= 0.6 is 11.6 Å². The molecule has 0 bridgehead atoms. The van der Waals surface area contributed by atoms with Gasteiger partial charge in [-0.05, 0) is 92.4 Å². The maximum atomic E-state index is 13.2. The van der Waals surface area contributed by atoms with Crippen molar-refractivity contribution >= 4 is 23.1 Å². The predicted molar refractivity (Wildman–Crippen MR) is 124 cm³/mol. The van der Waals surface area contributed by atoms with Crippen LogP contribution in [0.15, 0.2) is 35.3 Å². The molecule has 1 saturated carbocycles. The zero-order valence-corrected chi connectivity index (χ0v) is 19.1. The second kappa shape index (κ2) is 9.19. The summed E-state index contributed by atoms with van der Waals surface area (Å²) in [7, 11) is 0. The molecular formula is C24H34ClFN4. The summed E-state index contributed by atoms with van der Waals surface area (Å²) in [5.74, 6) is 0.628. The van der Waals surface area contributed by atoms with Crippen LogP contribution in [0.25, 0.3) is 0 Å². The van der Waals surface area contributed by atoms with Crippen LogP contribution < -0.4 is 5.73 Å². The lowest BCUT2D eigenvalue weighted by Gasteiger charge is -2.34.